The lowest BCUT2D eigenvalue weighted by atomic mass is 9.92. The highest BCUT2D eigenvalue weighted by atomic mass is 19.1. The van der Waals surface area contributed by atoms with E-state index in [4.69, 9.17) is 10.5 Å². The molecule has 0 fully saturated rings. The van der Waals surface area contributed by atoms with Crippen LogP contribution in [-0.4, -0.2) is 22.9 Å². The van der Waals surface area contributed by atoms with Crippen molar-refractivity contribution in [3.05, 3.63) is 87.7 Å². The number of halogens is 2. The number of methoxy groups -OCH3 is 1. The van der Waals surface area contributed by atoms with Crippen molar-refractivity contribution >= 4 is 11.6 Å². The van der Waals surface area contributed by atoms with Gasteiger partial charge in [0.1, 0.15) is 11.7 Å². The molecule has 9 heteroatoms. The van der Waals surface area contributed by atoms with E-state index < -0.39 is 28.4 Å². The van der Waals surface area contributed by atoms with E-state index >= 15 is 0 Å². The number of carbonyl (C=O) groups excluding carboxylic acids is 1. The summed E-state index contributed by atoms with van der Waals surface area (Å²) in [5.41, 5.74) is 5.74. The summed E-state index contributed by atoms with van der Waals surface area (Å²) in [4.78, 5) is 26.9. The second kappa shape index (κ2) is 8.01. The Morgan fingerprint density at radius 1 is 1.21 bits per heavy atom. The van der Waals surface area contributed by atoms with Crippen molar-refractivity contribution < 1.29 is 23.2 Å². The number of nitro groups is 1. The van der Waals surface area contributed by atoms with E-state index in [1.807, 2.05) is 0 Å². The molecule has 29 heavy (non-hydrogen) atoms. The van der Waals surface area contributed by atoms with E-state index in [0.717, 1.165) is 18.2 Å². The third-order valence-electron chi connectivity index (χ3n) is 4.32. The number of hydrogen-bond acceptors (Lipinski definition) is 5. The van der Waals surface area contributed by atoms with Gasteiger partial charge in [0.15, 0.2) is 11.6 Å². The molecule has 1 heterocycles. The van der Waals surface area contributed by atoms with Gasteiger partial charge in [0.05, 0.1) is 29.4 Å². The highest BCUT2D eigenvalue weighted by Crippen LogP contribution is 2.36. The van der Waals surface area contributed by atoms with Gasteiger partial charge in [0.2, 0.25) is 5.91 Å². The van der Waals surface area contributed by atoms with Gasteiger partial charge in [-0.25, -0.2) is 8.78 Å². The molecular weight excluding hydrogens is 384 g/mol. The van der Waals surface area contributed by atoms with Crippen molar-refractivity contribution in [2.75, 3.05) is 7.11 Å². The largest absolute Gasteiger partial charge is 0.493 e. The predicted octanol–water partition coefficient (Wildman–Crippen LogP) is 3.56. The van der Waals surface area contributed by atoms with Gasteiger partial charge in [0, 0.05) is 6.20 Å². The number of benzene rings is 2. The standard InChI is InChI=1S/C20H15F2N3O4/c1-29-18-10-17(25(27)28)14(9-15(18)22)11-5-6-24-16(8-11)19(20(23)26)12-3-2-4-13(21)7-12/h2-10,19H,1H3,(H2,23,26). The molecule has 0 spiro atoms. The molecule has 2 aromatic carbocycles. The average molecular weight is 399 g/mol. The van der Waals surface area contributed by atoms with Crippen LogP contribution in [0.1, 0.15) is 17.2 Å². The molecule has 0 aliphatic heterocycles. The molecule has 7 nitrogen and oxygen atoms in total. The first kappa shape index (κ1) is 19.9. The zero-order chi connectivity index (χ0) is 21.1. The minimum atomic E-state index is -1.09. The fourth-order valence-electron chi connectivity index (χ4n) is 3.02. The molecule has 0 aliphatic carbocycles. The van der Waals surface area contributed by atoms with Crippen molar-refractivity contribution in [1.82, 2.24) is 4.98 Å². The van der Waals surface area contributed by atoms with Crippen LogP contribution in [0.2, 0.25) is 0 Å². The number of amides is 1. The van der Waals surface area contributed by atoms with Crippen LogP contribution in [-0.2, 0) is 4.79 Å². The molecule has 0 bridgehead atoms. The van der Waals surface area contributed by atoms with E-state index in [2.05, 4.69) is 4.98 Å². The molecular formula is C20H15F2N3O4. The first-order valence-corrected chi connectivity index (χ1v) is 8.35. The summed E-state index contributed by atoms with van der Waals surface area (Å²) in [5.74, 6) is -3.49. The molecule has 2 N–H and O–H groups in total. The van der Waals surface area contributed by atoms with Gasteiger partial charge in [-0.1, -0.05) is 12.1 Å². The maximum absolute atomic E-state index is 14.2. The van der Waals surface area contributed by atoms with Gasteiger partial charge in [-0.2, -0.15) is 0 Å². The van der Waals surface area contributed by atoms with Crippen LogP contribution in [0.3, 0.4) is 0 Å². The fraction of sp³-hybridized carbons (Fsp3) is 0.100. The van der Waals surface area contributed by atoms with Crippen LogP contribution < -0.4 is 10.5 Å². The van der Waals surface area contributed by atoms with Crippen molar-refractivity contribution in [1.29, 1.82) is 0 Å². The van der Waals surface area contributed by atoms with Gasteiger partial charge in [0.25, 0.3) is 5.69 Å². The zero-order valence-corrected chi connectivity index (χ0v) is 15.1. The van der Waals surface area contributed by atoms with Crippen LogP contribution in [0.5, 0.6) is 5.75 Å². The summed E-state index contributed by atoms with van der Waals surface area (Å²) in [6.45, 7) is 0. The van der Waals surface area contributed by atoms with Crippen molar-refractivity contribution in [2.24, 2.45) is 5.73 Å². The molecule has 0 saturated heterocycles. The maximum atomic E-state index is 14.2. The van der Waals surface area contributed by atoms with Gasteiger partial charge in [-0.05, 0) is 41.5 Å². The Hall–Kier alpha value is -3.88. The molecule has 3 rings (SSSR count). The van der Waals surface area contributed by atoms with Gasteiger partial charge < -0.3 is 10.5 Å². The second-order valence-corrected chi connectivity index (χ2v) is 6.12. The summed E-state index contributed by atoms with van der Waals surface area (Å²) < 4.78 is 32.6. The fourth-order valence-corrected chi connectivity index (χ4v) is 3.02. The third-order valence-corrected chi connectivity index (χ3v) is 4.32. The molecule has 1 atom stereocenters. The summed E-state index contributed by atoms with van der Waals surface area (Å²) in [5, 5.41) is 11.5. The number of ether oxygens (including phenoxy) is 1. The normalized spacial score (nSPS) is 11.7. The summed E-state index contributed by atoms with van der Waals surface area (Å²) in [6.07, 6.45) is 1.31. The Morgan fingerprint density at radius 2 is 1.97 bits per heavy atom. The number of nitrogens with two attached hydrogens (primary N) is 1. The van der Waals surface area contributed by atoms with E-state index in [-0.39, 0.29) is 33.8 Å². The number of pyridine rings is 1. The summed E-state index contributed by atoms with van der Waals surface area (Å²) in [7, 11) is 1.20. The van der Waals surface area contributed by atoms with E-state index in [9.17, 15) is 23.7 Å². The van der Waals surface area contributed by atoms with Crippen molar-refractivity contribution in [3.8, 4) is 16.9 Å². The smallest absolute Gasteiger partial charge is 0.281 e. The second-order valence-electron chi connectivity index (χ2n) is 6.12. The summed E-state index contributed by atoms with van der Waals surface area (Å²) >= 11 is 0. The minimum absolute atomic E-state index is 0.0283. The third kappa shape index (κ3) is 4.03. The van der Waals surface area contributed by atoms with E-state index in [1.54, 1.807) is 0 Å². The van der Waals surface area contributed by atoms with Gasteiger partial charge >= 0.3 is 0 Å². The molecule has 1 aromatic heterocycles. The Balaban J connectivity index is 2.16. The monoisotopic (exact) mass is 399 g/mol. The van der Waals surface area contributed by atoms with Crippen LogP contribution in [0.25, 0.3) is 11.1 Å². The number of aromatic nitrogens is 1. The van der Waals surface area contributed by atoms with Crippen LogP contribution in [0.15, 0.2) is 54.7 Å². The molecule has 148 valence electrons. The quantitative estimate of drug-likeness (QED) is 0.504. The molecule has 1 unspecified atom stereocenters. The first-order valence-electron chi connectivity index (χ1n) is 8.35. The SMILES string of the molecule is COc1cc([N+](=O)[O-])c(-c2ccnc(C(C(N)=O)c3cccc(F)c3)c2)cc1F. The Morgan fingerprint density at radius 3 is 2.59 bits per heavy atom. The number of nitrogens with zero attached hydrogens (tertiary/aromatic N) is 2. The molecule has 0 aliphatic rings. The molecule has 0 radical (unpaired) electrons. The number of nitro benzene ring substituents is 1. The topological polar surface area (TPSA) is 108 Å². The summed E-state index contributed by atoms with van der Waals surface area (Å²) in [6, 6.07) is 10.1. The molecule has 3 aromatic rings. The van der Waals surface area contributed by atoms with Gasteiger partial charge in [-0.3, -0.25) is 19.9 Å². The van der Waals surface area contributed by atoms with Crippen LogP contribution in [0.4, 0.5) is 14.5 Å². The maximum Gasteiger partial charge on any atom is 0.281 e. The lowest BCUT2D eigenvalue weighted by Crippen LogP contribution is -2.23. The first-order chi connectivity index (χ1) is 13.8. The van der Waals surface area contributed by atoms with Gasteiger partial charge in [-0.15, -0.1) is 0 Å². The predicted molar refractivity (Wildman–Crippen MR) is 100 cm³/mol. The highest BCUT2D eigenvalue weighted by molar-refractivity contribution is 5.86. The average Bonchev–Trinajstić information content (AvgIpc) is 2.67. The van der Waals surface area contributed by atoms with E-state index in [1.165, 1.54) is 43.6 Å². The Labute approximate surface area is 163 Å². The minimum Gasteiger partial charge on any atom is -0.493 e. The van der Waals surface area contributed by atoms with Crippen molar-refractivity contribution in [3.63, 3.8) is 0 Å². The lowest BCUT2D eigenvalue weighted by Gasteiger charge is -2.15. The Bertz CT molecular complexity index is 1100. The molecule has 1 amide bonds. The van der Waals surface area contributed by atoms with E-state index in [0.29, 0.717) is 0 Å². The highest BCUT2D eigenvalue weighted by Gasteiger charge is 2.25. The lowest BCUT2D eigenvalue weighted by molar-refractivity contribution is -0.384. The zero-order valence-electron chi connectivity index (χ0n) is 15.1. The van der Waals surface area contributed by atoms with Crippen LogP contribution in [0, 0.1) is 21.7 Å². The Kier molecular flexibility index (Phi) is 5.49. The number of carbonyl (C=O) groups is 1. The number of rotatable bonds is 6. The van der Waals surface area contributed by atoms with Crippen molar-refractivity contribution in [2.45, 2.75) is 5.92 Å². The number of primary amides is 1. The molecule has 0 saturated carbocycles. The number of hydrogen-bond donors (Lipinski definition) is 1. The van der Waals surface area contributed by atoms with Crippen LogP contribution >= 0.6 is 0 Å².